The van der Waals surface area contributed by atoms with Gasteiger partial charge in [0.15, 0.2) is 21.7 Å². The summed E-state index contributed by atoms with van der Waals surface area (Å²) in [7, 11) is 0. The predicted molar refractivity (Wildman–Crippen MR) is 156 cm³/mol. The van der Waals surface area contributed by atoms with Gasteiger partial charge in [-0.25, -0.2) is 10.1 Å². The number of carbonyl (C=O) groups is 1. The number of hydrogen-bond donors (Lipinski definition) is 3. The Labute approximate surface area is 251 Å². The Bertz CT molecular complexity index is 1420. The Balaban J connectivity index is 1.56. The topological polar surface area (TPSA) is 165 Å². The second kappa shape index (κ2) is 12.9. The molecule has 1 fully saturated rings. The van der Waals surface area contributed by atoms with Crippen LogP contribution in [0.1, 0.15) is 33.9 Å². The van der Waals surface area contributed by atoms with Gasteiger partial charge in [-0.2, -0.15) is 9.97 Å². The van der Waals surface area contributed by atoms with Crippen LogP contribution in [0.15, 0.2) is 36.7 Å². The fraction of sp³-hybridized carbons (Fsp3) is 0.500. The molecular formula is C24H31Cl2N6O7PS. The lowest BCUT2D eigenvalue weighted by Gasteiger charge is -2.28. The second-order valence-electron chi connectivity index (χ2n) is 9.32. The maximum atomic E-state index is 12.5. The van der Waals surface area contributed by atoms with Crippen molar-refractivity contribution >= 4 is 64.7 Å². The van der Waals surface area contributed by atoms with Crippen molar-refractivity contribution in [2.45, 2.75) is 62.6 Å². The number of alkyl halides is 2. The van der Waals surface area contributed by atoms with Gasteiger partial charge in [0.2, 0.25) is 11.8 Å². The van der Waals surface area contributed by atoms with Crippen LogP contribution in [0.25, 0.3) is 11.2 Å². The Hall–Kier alpha value is -2.29. The number of hydrogen-bond acceptors (Lipinski definition) is 12. The number of aliphatic hydroxyl groups excluding tert-OH is 1. The molecular weight excluding hydrogens is 618 g/mol. The summed E-state index contributed by atoms with van der Waals surface area (Å²) in [6, 6.07) is 7.85. The molecule has 4 rings (SSSR count). The van der Waals surface area contributed by atoms with Crippen molar-refractivity contribution in [2.75, 3.05) is 18.9 Å². The van der Waals surface area contributed by atoms with Crippen LogP contribution < -0.4 is 20.1 Å². The summed E-state index contributed by atoms with van der Waals surface area (Å²) < 4.78 is 28.5. The molecule has 5 atom stereocenters. The first-order chi connectivity index (χ1) is 19.3. The maximum absolute atomic E-state index is 12.5. The molecule has 1 saturated heterocycles. The highest BCUT2D eigenvalue weighted by Crippen LogP contribution is 2.50. The third kappa shape index (κ3) is 7.20. The quantitative estimate of drug-likeness (QED) is 0.149. The molecule has 1 aliphatic rings. The summed E-state index contributed by atoms with van der Waals surface area (Å²) in [6.45, 7) is 3.44. The molecule has 0 bridgehead atoms. The van der Waals surface area contributed by atoms with Crippen LogP contribution in [0, 0.1) is 0 Å². The average Bonchev–Trinajstić information content (AvgIpc) is 3.41. The number of nitrogens with two attached hydrogens (primary N) is 1. The van der Waals surface area contributed by atoms with E-state index >= 15 is 0 Å². The van der Waals surface area contributed by atoms with Crippen molar-refractivity contribution in [2.24, 2.45) is 0 Å². The molecule has 3 aromatic rings. The number of fused-ring (bicyclic) bond motifs is 1. The Kier molecular flexibility index (Phi) is 9.97. The average molecular weight is 649 g/mol. The smallest absolute Gasteiger partial charge is 0.323 e. The summed E-state index contributed by atoms with van der Waals surface area (Å²) in [5, 5.41) is 14.0. The fourth-order valence-corrected chi connectivity index (χ4v) is 6.94. The van der Waals surface area contributed by atoms with Crippen LogP contribution >= 0.6 is 29.8 Å². The van der Waals surface area contributed by atoms with Gasteiger partial charge >= 0.3 is 12.6 Å². The van der Waals surface area contributed by atoms with Crippen LogP contribution in [0.4, 0.5) is 5.95 Å². The summed E-state index contributed by atoms with van der Waals surface area (Å²) in [5.41, 5.74) is 6.41. The van der Waals surface area contributed by atoms with Crippen molar-refractivity contribution < 1.29 is 33.2 Å². The molecule has 13 nitrogen and oxygen atoms in total. The molecule has 1 aromatic carbocycles. The lowest BCUT2D eigenvalue weighted by molar-refractivity contribution is -0.149. The zero-order valence-electron chi connectivity index (χ0n) is 22.6. The van der Waals surface area contributed by atoms with Gasteiger partial charge in [-0.05, 0) is 51.6 Å². The summed E-state index contributed by atoms with van der Waals surface area (Å²) in [4.78, 5) is 25.1. The lowest BCUT2D eigenvalue weighted by Crippen LogP contribution is -2.39. The van der Waals surface area contributed by atoms with E-state index in [4.69, 9.17) is 64.0 Å². The molecule has 0 unspecified atom stereocenters. The number of nitrogens with zero attached hydrogens (tertiary/aromatic N) is 4. The molecule has 0 spiro atoms. The largest absolute Gasteiger partial charge is 0.476 e. The van der Waals surface area contributed by atoms with Gasteiger partial charge in [-0.1, -0.05) is 41.4 Å². The van der Waals surface area contributed by atoms with Crippen LogP contribution in [0.3, 0.4) is 0 Å². The number of imidazole rings is 1. The molecule has 224 valence electrons. The van der Waals surface area contributed by atoms with Gasteiger partial charge in [0.05, 0.1) is 25.6 Å². The number of para-hydroxylation sites is 1. The van der Waals surface area contributed by atoms with Crippen LogP contribution in [0.5, 0.6) is 11.6 Å². The van der Waals surface area contributed by atoms with Crippen LogP contribution in [-0.4, -0.2) is 72.5 Å². The van der Waals surface area contributed by atoms with Crippen LogP contribution in [0.2, 0.25) is 0 Å². The van der Waals surface area contributed by atoms with E-state index in [1.807, 2.05) is 6.07 Å². The van der Waals surface area contributed by atoms with E-state index in [1.54, 1.807) is 52.0 Å². The van der Waals surface area contributed by atoms with E-state index in [-0.39, 0.29) is 30.2 Å². The number of esters is 1. The van der Waals surface area contributed by atoms with E-state index in [9.17, 15) is 9.90 Å². The molecule has 0 aliphatic carbocycles. The lowest BCUT2D eigenvalue weighted by atomic mass is 10.2. The van der Waals surface area contributed by atoms with Crippen molar-refractivity contribution in [3.63, 3.8) is 0 Å². The summed E-state index contributed by atoms with van der Waals surface area (Å²) in [6.07, 6.45) is -2.62. The minimum atomic E-state index is -3.42. The number of rotatable bonds is 12. The number of aromatic nitrogens is 4. The molecule has 0 radical (unpaired) electrons. The van der Waals surface area contributed by atoms with E-state index in [0.29, 0.717) is 17.9 Å². The minimum absolute atomic E-state index is 0.0641. The van der Waals surface area contributed by atoms with E-state index in [1.165, 1.54) is 10.9 Å². The van der Waals surface area contributed by atoms with Gasteiger partial charge in [0, 0.05) is 0 Å². The number of aliphatic hydroxyl groups is 1. The molecule has 41 heavy (non-hydrogen) atoms. The highest BCUT2D eigenvalue weighted by atomic mass is 35.5. The molecule has 17 heteroatoms. The first-order valence-corrected chi connectivity index (χ1v) is 16.1. The maximum Gasteiger partial charge on any atom is 0.323 e. The SMILES string of the molecule is CCOc1nc(N)nc2c1ncn2[C@@H]1O[C@H](CO[P@@](=S)(N[C@H](C)C(=O)OC(C)C)Oc2ccccc2)[C@@H](O)C1(Cl)Cl. The van der Waals surface area contributed by atoms with Gasteiger partial charge in [0.1, 0.15) is 24.0 Å². The van der Waals surface area contributed by atoms with Crippen molar-refractivity contribution in [1.29, 1.82) is 0 Å². The summed E-state index contributed by atoms with van der Waals surface area (Å²) in [5.74, 6) is -0.00981. The molecule has 0 amide bonds. The number of nitrogens with one attached hydrogen (secondary N) is 1. The third-order valence-electron chi connectivity index (χ3n) is 5.75. The van der Waals surface area contributed by atoms with Crippen molar-refractivity contribution in [1.82, 2.24) is 24.6 Å². The highest BCUT2D eigenvalue weighted by Gasteiger charge is 2.56. The zero-order valence-corrected chi connectivity index (χ0v) is 25.9. The van der Waals surface area contributed by atoms with Crippen LogP contribution in [-0.2, 0) is 30.6 Å². The summed E-state index contributed by atoms with van der Waals surface area (Å²) >= 11 is 19.0. The first-order valence-electron chi connectivity index (χ1n) is 12.7. The number of benzene rings is 1. The van der Waals surface area contributed by atoms with Gasteiger partial charge < -0.3 is 34.1 Å². The van der Waals surface area contributed by atoms with Crippen molar-refractivity contribution in [3.05, 3.63) is 36.7 Å². The second-order valence-corrected chi connectivity index (χ2v) is 13.9. The number of nitrogen functional groups attached to an aromatic ring is 1. The number of carbonyl (C=O) groups excluding carboxylic acids is 1. The Morgan fingerprint density at radius 3 is 2.66 bits per heavy atom. The van der Waals surface area contributed by atoms with Crippen molar-refractivity contribution in [3.8, 4) is 11.6 Å². The Morgan fingerprint density at radius 1 is 1.29 bits per heavy atom. The fourth-order valence-electron chi connectivity index (χ4n) is 3.93. The predicted octanol–water partition coefficient (Wildman–Crippen LogP) is 3.49. The molecule has 0 saturated carbocycles. The van der Waals surface area contributed by atoms with Gasteiger partial charge in [-0.3, -0.25) is 9.36 Å². The Morgan fingerprint density at radius 2 is 2.00 bits per heavy atom. The molecule has 1 aliphatic heterocycles. The van der Waals surface area contributed by atoms with E-state index < -0.39 is 41.4 Å². The molecule has 3 heterocycles. The number of anilines is 1. The highest BCUT2D eigenvalue weighted by molar-refractivity contribution is 8.09. The first kappa shape index (κ1) is 31.6. The normalized spacial score (nSPS) is 22.4. The third-order valence-corrected chi connectivity index (χ3v) is 9.07. The zero-order chi connectivity index (χ0) is 29.9. The number of halogens is 2. The standard InChI is InChI=1S/C24H31Cl2N6O7PS/c1-5-35-20-17-19(29-23(27)30-20)32(12-28-17)22-24(25,26)18(33)16(38-22)11-36-40(41,39-15-9-7-6-8-10-15)31-14(4)21(34)37-13(2)3/h6-10,12-14,16,18,22,33H,5,11H2,1-4H3,(H,31,41)(H2,27,29,30)/t14-,16-,18-,22-,40+/m1/s1. The van der Waals surface area contributed by atoms with Gasteiger partial charge in [0.25, 0.3) is 0 Å². The number of ether oxygens (including phenoxy) is 3. The monoisotopic (exact) mass is 648 g/mol. The van der Waals surface area contributed by atoms with Gasteiger partial charge in [-0.15, -0.1) is 0 Å². The minimum Gasteiger partial charge on any atom is -0.476 e. The molecule has 2 aromatic heterocycles. The van der Waals surface area contributed by atoms with E-state index in [2.05, 4.69) is 20.0 Å². The van der Waals surface area contributed by atoms with E-state index in [0.717, 1.165) is 0 Å². The molecule has 4 N–H and O–H groups in total.